The number of carbonyl (C=O) groups is 3. The lowest BCUT2D eigenvalue weighted by molar-refractivity contribution is -0.133. The number of hydrogen-bond acceptors (Lipinski definition) is 5. The van der Waals surface area contributed by atoms with Crippen LogP contribution in [0.5, 0.6) is 0 Å². The maximum absolute atomic E-state index is 12.7. The largest absolute Gasteiger partial charge is 0.340 e. The van der Waals surface area contributed by atoms with Gasteiger partial charge in [-0.15, -0.1) is 0 Å². The molecule has 0 aliphatic carbocycles. The summed E-state index contributed by atoms with van der Waals surface area (Å²) in [6.45, 7) is 4.01. The molecule has 1 aromatic carbocycles. The Morgan fingerprint density at radius 2 is 1.77 bits per heavy atom. The van der Waals surface area contributed by atoms with Crippen molar-refractivity contribution in [3.05, 3.63) is 59.9 Å². The van der Waals surface area contributed by atoms with Crippen LogP contribution in [0.15, 0.2) is 48.8 Å². The Kier molecular flexibility index (Phi) is 6.57. The van der Waals surface area contributed by atoms with E-state index in [0.717, 1.165) is 26.1 Å². The SMILES string of the molecule is O=C1N[C@H](CCC(=O)N2CCN(CCc3ccncc3)CC2)C(=O)Nc2ccccc21. The van der Waals surface area contributed by atoms with Crippen LogP contribution in [0.4, 0.5) is 5.69 Å². The molecule has 1 aromatic heterocycles. The van der Waals surface area contributed by atoms with Gasteiger partial charge in [0, 0.05) is 51.5 Å². The molecule has 0 radical (unpaired) electrons. The number of benzene rings is 1. The maximum Gasteiger partial charge on any atom is 0.254 e. The van der Waals surface area contributed by atoms with Crippen molar-refractivity contribution in [2.24, 2.45) is 0 Å². The third kappa shape index (κ3) is 5.27. The molecule has 4 rings (SSSR count). The molecule has 2 aromatic rings. The molecule has 1 atom stereocenters. The molecule has 2 aliphatic heterocycles. The van der Waals surface area contributed by atoms with Crippen LogP contribution in [0.1, 0.15) is 28.8 Å². The lowest BCUT2D eigenvalue weighted by Crippen LogP contribution is -2.49. The highest BCUT2D eigenvalue weighted by Gasteiger charge is 2.29. The van der Waals surface area contributed by atoms with Gasteiger partial charge in [-0.2, -0.15) is 0 Å². The molecule has 0 unspecified atom stereocenters. The number of pyridine rings is 1. The van der Waals surface area contributed by atoms with E-state index < -0.39 is 6.04 Å². The number of amides is 3. The number of carbonyl (C=O) groups excluding carboxylic acids is 3. The summed E-state index contributed by atoms with van der Waals surface area (Å²) in [7, 11) is 0. The average molecular weight is 422 g/mol. The Morgan fingerprint density at radius 3 is 2.55 bits per heavy atom. The normalized spacial score (nSPS) is 19.2. The first-order valence-electron chi connectivity index (χ1n) is 10.7. The minimum absolute atomic E-state index is 0.0255. The molecule has 8 nitrogen and oxygen atoms in total. The lowest BCUT2D eigenvalue weighted by atomic mass is 10.1. The van der Waals surface area contributed by atoms with Crippen LogP contribution in [0.25, 0.3) is 0 Å². The minimum atomic E-state index is -0.717. The minimum Gasteiger partial charge on any atom is -0.340 e. The summed E-state index contributed by atoms with van der Waals surface area (Å²) >= 11 is 0. The molecule has 0 spiro atoms. The second kappa shape index (κ2) is 9.70. The second-order valence-electron chi connectivity index (χ2n) is 7.93. The number of fused-ring (bicyclic) bond motifs is 1. The lowest BCUT2D eigenvalue weighted by Gasteiger charge is -2.35. The van der Waals surface area contributed by atoms with Gasteiger partial charge in [0.25, 0.3) is 5.91 Å². The highest BCUT2D eigenvalue weighted by Crippen LogP contribution is 2.19. The van der Waals surface area contributed by atoms with Gasteiger partial charge in [-0.1, -0.05) is 12.1 Å². The molecule has 1 saturated heterocycles. The fraction of sp³-hybridized carbons (Fsp3) is 0.391. The van der Waals surface area contributed by atoms with Gasteiger partial charge in [0.1, 0.15) is 6.04 Å². The Bertz CT molecular complexity index is 941. The van der Waals surface area contributed by atoms with E-state index in [1.807, 2.05) is 29.4 Å². The molecule has 0 bridgehead atoms. The van der Waals surface area contributed by atoms with Gasteiger partial charge < -0.3 is 15.5 Å². The maximum atomic E-state index is 12.7. The molecular formula is C23H27N5O3. The standard InChI is InChI=1S/C23H27N5O3/c29-21(28-15-13-27(14-16-28)12-9-17-7-10-24-11-8-17)6-5-20-23(31)25-19-4-2-1-3-18(19)22(30)26-20/h1-4,7-8,10-11,20H,5-6,9,12-16H2,(H,25,31)(H,26,30)/t20-/m1/s1. The van der Waals surface area contributed by atoms with Crippen molar-refractivity contribution < 1.29 is 14.4 Å². The number of piperazine rings is 1. The van der Waals surface area contributed by atoms with Gasteiger partial charge >= 0.3 is 0 Å². The fourth-order valence-corrected chi connectivity index (χ4v) is 4.00. The Balaban J connectivity index is 1.22. The third-order valence-corrected chi connectivity index (χ3v) is 5.89. The van der Waals surface area contributed by atoms with Gasteiger partial charge in [-0.05, 0) is 42.7 Å². The summed E-state index contributed by atoms with van der Waals surface area (Å²) in [5.41, 5.74) is 2.20. The first kappa shape index (κ1) is 21.0. The van der Waals surface area contributed by atoms with Gasteiger partial charge in [0.2, 0.25) is 11.8 Å². The monoisotopic (exact) mass is 421 g/mol. The average Bonchev–Trinajstić information content (AvgIpc) is 2.93. The van der Waals surface area contributed by atoms with Crippen LogP contribution in [-0.2, 0) is 16.0 Å². The van der Waals surface area contributed by atoms with Crippen molar-refractivity contribution >= 4 is 23.4 Å². The van der Waals surface area contributed by atoms with Crippen molar-refractivity contribution in [3.63, 3.8) is 0 Å². The highest BCUT2D eigenvalue weighted by molar-refractivity contribution is 6.09. The quantitative estimate of drug-likeness (QED) is 0.733. The first-order valence-corrected chi connectivity index (χ1v) is 10.7. The molecular weight excluding hydrogens is 394 g/mol. The van der Waals surface area contributed by atoms with Gasteiger partial charge in [-0.3, -0.25) is 24.3 Å². The summed E-state index contributed by atoms with van der Waals surface area (Å²) in [5, 5.41) is 5.53. The van der Waals surface area contributed by atoms with E-state index in [1.165, 1.54) is 5.56 Å². The van der Waals surface area contributed by atoms with Gasteiger partial charge in [0.05, 0.1) is 11.3 Å². The van der Waals surface area contributed by atoms with Gasteiger partial charge in [0.15, 0.2) is 0 Å². The molecule has 31 heavy (non-hydrogen) atoms. The zero-order chi connectivity index (χ0) is 21.6. The molecule has 3 heterocycles. The van der Waals surface area contributed by atoms with E-state index in [4.69, 9.17) is 0 Å². The van der Waals surface area contributed by atoms with Crippen LogP contribution in [0.3, 0.4) is 0 Å². The topological polar surface area (TPSA) is 94.6 Å². The van der Waals surface area contributed by atoms with Crippen molar-refractivity contribution in [2.45, 2.75) is 25.3 Å². The number of rotatable bonds is 6. The van der Waals surface area contributed by atoms with E-state index >= 15 is 0 Å². The fourth-order valence-electron chi connectivity index (χ4n) is 4.00. The number of hydrogen-bond donors (Lipinski definition) is 2. The summed E-state index contributed by atoms with van der Waals surface area (Å²) in [6, 6.07) is 10.2. The van der Waals surface area contributed by atoms with Crippen LogP contribution < -0.4 is 10.6 Å². The Hall–Kier alpha value is -3.26. The molecule has 1 fully saturated rings. The summed E-state index contributed by atoms with van der Waals surface area (Å²) in [4.78, 5) is 45.8. The Morgan fingerprint density at radius 1 is 1.03 bits per heavy atom. The summed E-state index contributed by atoms with van der Waals surface area (Å²) < 4.78 is 0. The molecule has 162 valence electrons. The van der Waals surface area contributed by atoms with Crippen LogP contribution in [0, 0.1) is 0 Å². The predicted molar refractivity (Wildman–Crippen MR) is 117 cm³/mol. The molecule has 3 amide bonds. The number of aromatic nitrogens is 1. The number of para-hydroxylation sites is 1. The zero-order valence-corrected chi connectivity index (χ0v) is 17.4. The smallest absolute Gasteiger partial charge is 0.254 e. The number of anilines is 1. The van der Waals surface area contributed by atoms with E-state index in [-0.39, 0.29) is 30.6 Å². The molecule has 0 saturated carbocycles. The molecule has 2 aliphatic rings. The van der Waals surface area contributed by atoms with Crippen molar-refractivity contribution in [1.29, 1.82) is 0 Å². The predicted octanol–water partition coefficient (Wildman–Crippen LogP) is 1.30. The van der Waals surface area contributed by atoms with E-state index in [1.54, 1.807) is 24.3 Å². The Labute approximate surface area is 181 Å². The van der Waals surface area contributed by atoms with Crippen LogP contribution in [0.2, 0.25) is 0 Å². The first-order chi connectivity index (χ1) is 15.1. The van der Waals surface area contributed by atoms with E-state index in [2.05, 4.69) is 20.5 Å². The second-order valence-corrected chi connectivity index (χ2v) is 7.93. The molecule has 8 heteroatoms. The van der Waals surface area contributed by atoms with Crippen molar-refractivity contribution in [1.82, 2.24) is 20.1 Å². The number of nitrogens with zero attached hydrogens (tertiary/aromatic N) is 3. The van der Waals surface area contributed by atoms with E-state index in [0.29, 0.717) is 24.3 Å². The summed E-state index contributed by atoms with van der Waals surface area (Å²) in [5.74, 6) is -0.557. The van der Waals surface area contributed by atoms with Crippen molar-refractivity contribution in [3.8, 4) is 0 Å². The highest BCUT2D eigenvalue weighted by atomic mass is 16.2. The number of nitrogens with one attached hydrogen (secondary N) is 2. The van der Waals surface area contributed by atoms with Crippen molar-refractivity contribution in [2.75, 3.05) is 38.0 Å². The van der Waals surface area contributed by atoms with Gasteiger partial charge in [-0.25, -0.2) is 0 Å². The third-order valence-electron chi connectivity index (χ3n) is 5.89. The van der Waals surface area contributed by atoms with E-state index in [9.17, 15) is 14.4 Å². The van der Waals surface area contributed by atoms with Crippen LogP contribution in [-0.4, -0.2) is 71.3 Å². The zero-order valence-electron chi connectivity index (χ0n) is 17.4. The molecule has 2 N–H and O–H groups in total. The summed E-state index contributed by atoms with van der Waals surface area (Å²) in [6.07, 6.45) is 5.09. The van der Waals surface area contributed by atoms with Crippen LogP contribution >= 0.6 is 0 Å².